The van der Waals surface area contributed by atoms with Gasteiger partial charge in [0, 0.05) is 23.9 Å². The molecule has 1 aliphatic rings. The number of hydrogen-bond donors (Lipinski definition) is 2. The van der Waals surface area contributed by atoms with E-state index in [4.69, 9.17) is 4.74 Å². The first-order chi connectivity index (χ1) is 11.3. The van der Waals surface area contributed by atoms with Crippen LogP contribution in [0.25, 0.3) is 0 Å². The minimum atomic E-state index is 0.0226. The Morgan fingerprint density at radius 2 is 2.17 bits per heavy atom. The van der Waals surface area contributed by atoms with Crippen molar-refractivity contribution in [3.63, 3.8) is 0 Å². The van der Waals surface area contributed by atoms with E-state index in [1.165, 1.54) is 10.4 Å². The topological polar surface area (TPSA) is 50.4 Å². The second-order valence-electron chi connectivity index (χ2n) is 5.76. The van der Waals surface area contributed by atoms with E-state index in [0.29, 0.717) is 13.0 Å². The molecule has 122 valence electrons. The van der Waals surface area contributed by atoms with Crippen LogP contribution in [0.2, 0.25) is 0 Å². The average Bonchev–Trinajstić information content (AvgIpc) is 3.10. The molecule has 2 unspecified atom stereocenters. The van der Waals surface area contributed by atoms with Gasteiger partial charge >= 0.3 is 0 Å². The summed E-state index contributed by atoms with van der Waals surface area (Å²) in [6.07, 6.45) is 1.26. The number of ether oxygens (including phenoxy) is 1. The SMILES string of the molecule is O=C(CC1COCCN1)NC(Cc1ccccc1)c1cccs1. The molecule has 1 saturated heterocycles. The summed E-state index contributed by atoms with van der Waals surface area (Å²) < 4.78 is 5.42. The van der Waals surface area contributed by atoms with Gasteiger partial charge in [-0.2, -0.15) is 0 Å². The first-order valence-electron chi connectivity index (χ1n) is 7.99. The molecule has 2 aromatic rings. The molecule has 1 aliphatic heterocycles. The zero-order valence-corrected chi connectivity index (χ0v) is 13.9. The van der Waals surface area contributed by atoms with Gasteiger partial charge in [0.2, 0.25) is 5.91 Å². The summed E-state index contributed by atoms with van der Waals surface area (Å²) in [5, 5.41) is 8.57. The van der Waals surface area contributed by atoms with Gasteiger partial charge in [0.1, 0.15) is 0 Å². The molecule has 2 atom stereocenters. The summed E-state index contributed by atoms with van der Waals surface area (Å²) >= 11 is 1.68. The Morgan fingerprint density at radius 3 is 2.87 bits per heavy atom. The third-order valence-corrected chi connectivity index (χ3v) is 4.92. The molecule has 0 bridgehead atoms. The molecular weight excluding hydrogens is 308 g/mol. The van der Waals surface area contributed by atoms with Crippen LogP contribution in [0.1, 0.15) is 22.9 Å². The quantitative estimate of drug-likeness (QED) is 0.856. The van der Waals surface area contributed by atoms with E-state index in [2.05, 4.69) is 34.2 Å². The van der Waals surface area contributed by atoms with Gasteiger partial charge in [-0.1, -0.05) is 36.4 Å². The molecule has 0 radical (unpaired) electrons. The van der Waals surface area contributed by atoms with Crippen LogP contribution < -0.4 is 10.6 Å². The monoisotopic (exact) mass is 330 g/mol. The van der Waals surface area contributed by atoms with Crippen molar-refractivity contribution in [2.45, 2.75) is 24.9 Å². The Hall–Kier alpha value is -1.69. The Balaban J connectivity index is 1.62. The number of rotatable bonds is 6. The molecular formula is C18H22N2O2S. The van der Waals surface area contributed by atoms with Crippen molar-refractivity contribution in [2.24, 2.45) is 0 Å². The van der Waals surface area contributed by atoms with E-state index in [-0.39, 0.29) is 18.0 Å². The van der Waals surface area contributed by atoms with Crippen LogP contribution >= 0.6 is 11.3 Å². The lowest BCUT2D eigenvalue weighted by Gasteiger charge is -2.24. The minimum absolute atomic E-state index is 0.0226. The number of benzene rings is 1. The standard InChI is InChI=1S/C18H22N2O2S/c21-18(12-15-13-22-9-8-19-15)20-16(17-7-4-10-23-17)11-14-5-2-1-3-6-14/h1-7,10,15-16,19H,8-9,11-13H2,(H,20,21). The number of hydrogen-bond acceptors (Lipinski definition) is 4. The molecule has 1 fully saturated rings. The molecule has 1 aromatic heterocycles. The van der Waals surface area contributed by atoms with E-state index in [1.807, 2.05) is 24.3 Å². The molecule has 2 heterocycles. The fourth-order valence-electron chi connectivity index (χ4n) is 2.79. The van der Waals surface area contributed by atoms with E-state index in [9.17, 15) is 4.79 Å². The van der Waals surface area contributed by atoms with Gasteiger partial charge in [0.25, 0.3) is 0 Å². The van der Waals surface area contributed by atoms with Gasteiger partial charge in [0.15, 0.2) is 0 Å². The van der Waals surface area contributed by atoms with E-state index in [0.717, 1.165) is 19.6 Å². The van der Waals surface area contributed by atoms with Crippen LogP contribution in [0.4, 0.5) is 0 Å². The van der Waals surface area contributed by atoms with E-state index >= 15 is 0 Å². The summed E-state index contributed by atoms with van der Waals surface area (Å²) in [6.45, 7) is 2.15. The van der Waals surface area contributed by atoms with Crippen molar-refractivity contribution in [1.29, 1.82) is 0 Å². The third kappa shape index (κ3) is 4.89. The Kier molecular flexibility index (Phi) is 5.80. The predicted molar refractivity (Wildman–Crippen MR) is 92.6 cm³/mol. The number of thiophene rings is 1. The first kappa shape index (κ1) is 16.2. The van der Waals surface area contributed by atoms with Gasteiger partial charge < -0.3 is 15.4 Å². The Morgan fingerprint density at radius 1 is 1.30 bits per heavy atom. The van der Waals surface area contributed by atoms with E-state index in [1.54, 1.807) is 11.3 Å². The second-order valence-corrected chi connectivity index (χ2v) is 6.73. The van der Waals surface area contributed by atoms with Crippen molar-refractivity contribution in [3.05, 3.63) is 58.3 Å². The normalized spacial score (nSPS) is 19.2. The number of morpholine rings is 1. The molecule has 5 heteroatoms. The Labute approximate surface area is 140 Å². The predicted octanol–water partition coefficient (Wildman–Crippen LogP) is 2.53. The maximum Gasteiger partial charge on any atom is 0.222 e. The van der Waals surface area contributed by atoms with Gasteiger partial charge in [-0.15, -0.1) is 11.3 Å². The molecule has 3 rings (SSSR count). The fraction of sp³-hybridized carbons (Fsp3) is 0.389. The van der Waals surface area contributed by atoms with Crippen molar-refractivity contribution < 1.29 is 9.53 Å². The zero-order chi connectivity index (χ0) is 15.9. The van der Waals surface area contributed by atoms with Gasteiger partial charge in [-0.3, -0.25) is 4.79 Å². The van der Waals surface area contributed by atoms with Crippen molar-refractivity contribution >= 4 is 17.2 Å². The zero-order valence-electron chi connectivity index (χ0n) is 13.0. The lowest BCUT2D eigenvalue weighted by molar-refractivity contribution is -0.123. The molecule has 1 aromatic carbocycles. The summed E-state index contributed by atoms with van der Waals surface area (Å²) in [7, 11) is 0. The van der Waals surface area contributed by atoms with Crippen molar-refractivity contribution in [2.75, 3.05) is 19.8 Å². The summed E-state index contributed by atoms with van der Waals surface area (Å²) in [4.78, 5) is 13.6. The second kappa shape index (κ2) is 8.24. The van der Waals surface area contributed by atoms with Crippen LogP contribution in [0.3, 0.4) is 0 Å². The Bertz CT molecular complexity index is 595. The highest BCUT2D eigenvalue weighted by Gasteiger charge is 2.20. The summed E-state index contributed by atoms with van der Waals surface area (Å²) in [5.41, 5.74) is 1.23. The number of carbonyl (C=O) groups excluding carboxylic acids is 1. The van der Waals surface area contributed by atoms with Crippen LogP contribution in [-0.2, 0) is 16.0 Å². The smallest absolute Gasteiger partial charge is 0.222 e. The highest BCUT2D eigenvalue weighted by atomic mass is 32.1. The minimum Gasteiger partial charge on any atom is -0.378 e. The maximum absolute atomic E-state index is 12.4. The highest BCUT2D eigenvalue weighted by Crippen LogP contribution is 2.23. The summed E-state index contributed by atoms with van der Waals surface area (Å²) in [6, 6.07) is 14.5. The number of amides is 1. The third-order valence-electron chi connectivity index (χ3n) is 3.93. The van der Waals surface area contributed by atoms with Crippen LogP contribution in [0.15, 0.2) is 47.8 Å². The fourth-order valence-corrected chi connectivity index (χ4v) is 3.57. The largest absolute Gasteiger partial charge is 0.378 e. The number of nitrogens with one attached hydrogen (secondary N) is 2. The summed E-state index contributed by atoms with van der Waals surface area (Å²) in [5.74, 6) is 0.0716. The molecule has 23 heavy (non-hydrogen) atoms. The van der Waals surface area contributed by atoms with Crippen molar-refractivity contribution in [3.8, 4) is 0 Å². The van der Waals surface area contributed by atoms with Crippen LogP contribution in [0, 0.1) is 0 Å². The van der Waals surface area contributed by atoms with Crippen molar-refractivity contribution in [1.82, 2.24) is 10.6 Å². The maximum atomic E-state index is 12.4. The molecule has 4 nitrogen and oxygen atoms in total. The first-order valence-corrected chi connectivity index (χ1v) is 8.87. The molecule has 0 spiro atoms. The number of carbonyl (C=O) groups is 1. The van der Waals surface area contributed by atoms with E-state index < -0.39 is 0 Å². The highest BCUT2D eigenvalue weighted by molar-refractivity contribution is 7.10. The molecule has 0 saturated carbocycles. The molecule has 2 N–H and O–H groups in total. The lowest BCUT2D eigenvalue weighted by atomic mass is 10.0. The van der Waals surface area contributed by atoms with Gasteiger partial charge in [0.05, 0.1) is 19.3 Å². The van der Waals surface area contributed by atoms with Crippen LogP contribution in [0.5, 0.6) is 0 Å². The van der Waals surface area contributed by atoms with Crippen LogP contribution in [-0.4, -0.2) is 31.7 Å². The molecule has 0 aliphatic carbocycles. The lowest BCUT2D eigenvalue weighted by Crippen LogP contribution is -2.44. The van der Waals surface area contributed by atoms with Gasteiger partial charge in [-0.25, -0.2) is 0 Å². The molecule has 1 amide bonds. The average molecular weight is 330 g/mol. The van der Waals surface area contributed by atoms with Gasteiger partial charge in [-0.05, 0) is 23.4 Å².